The largest absolute Gasteiger partial charge is 0.491 e. The summed E-state index contributed by atoms with van der Waals surface area (Å²) in [4.78, 5) is 2.31. The lowest BCUT2D eigenvalue weighted by Gasteiger charge is -2.10. The van der Waals surface area contributed by atoms with Crippen molar-refractivity contribution in [3.8, 4) is 5.75 Å². The lowest BCUT2D eigenvalue weighted by molar-refractivity contribution is 0.242. The summed E-state index contributed by atoms with van der Waals surface area (Å²) in [5, 5.41) is 3.79. The highest BCUT2D eigenvalue weighted by atomic mass is 79.9. The van der Waals surface area contributed by atoms with Crippen molar-refractivity contribution in [2.24, 2.45) is 5.10 Å². The third-order valence-electron chi connectivity index (χ3n) is 2.74. The van der Waals surface area contributed by atoms with Crippen molar-refractivity contribution in [2.45, 2.75) is 24.8 Å². The molecule has 5 nitrogen and oxygen atoms in total. The molecule has 0 aliphatic heterocycles. The van der Waals surface area contributed by atoms with Gasteiger partial charge in [-0.1, -0.05) is 28.1 Å². The second-order valence-electron chi connectivity index (χ2n) is 5.05. The molecule has 0 bridgehead atoms. The number of halogens is 1. The Morgan fingerprint density at radius 1 is 1.17 bits per heavy atom. The molecule has 0 spiro atoms. The van der Waals surface area contributed by atoms with E-state index in [0.29, 0.717) is 5.75 Å². The summed E-state index contributed by atoms with van der Waals surface area (Å²) in [5.74, 6) is 0.622. The molecule has 0 fully saturated rings. The van der Waals surface area contributed by atoms with Gasteiger partial charge in [-0.15, -0.1) is 0 Å². The van der Waals surface area contributed by atoms with E-state index in [2.05, 4.69) is 25.9 Å². The summed E-state index contributed by atoms with van der Waals surface area (Å²) >= 11 is 3.34. The van der Waals surface area contributed by atoms with Gasteiger partial charge in [0.15, 0.2) is 0 Å². The van der Waals surface area contributed by atoms with Crippen molar-refractivity contribution < 1.29 is 13.2 Å². The Kier molecular flexibility index (Phi) is 5.79. The molecular weight excluding hydrogens is 380 g/mol. The number of rotatable bonds is 6. The molecule has 0 aromatic heterocycles. The molecule has 2 aromatic carbocycles. The molecule has 0 amide bonds. The number of nitrogens with zero attached hydrogens (tertiary/aromatic N) is 1. The summed E-state index contributed by atoms with van der Waals surface area (Å²) in [6.45, 7) is 3.81. The van der Waals surface area contributed by atoms with Crippen molar-refractivity contribution in [2.75, 3.05) is 0 Å². The molecule has 0 aliphatic carbocycles. The van der Waals surface area contributed by atoms with Gasteiger partial charge in [0.2, 0.25) is 0 Å². The lowest BCUT2D eigenvalue weighted by atomic mass is 10.2. The molecule has 0 saturated carbocycles. The normalized spacial score (nSPS) is 11.8. The lowest BCUT2D eigenvalue weighted by Crippen LogP contribution is -2.18. The first-order valence-corrected chi connectivity index (χ1v) is 9.21. The van der Waals surface area contributed by atoms with Crippen LogP contribution in [-0.4, -0.2) is 20.7 Å². The van der Waals surface area contributed by atoms with Crippen molar-refractivity contribution in [3.63, 3.8) is 0 Å². The standard InChI is InChI=1S/C16H17BrN2O3S/c1-12(2)22-15-6-8-16(9-7-15)23(20,21)19-18-11-13-4-3-5-14(17)10-13/h3-12,19H,1-2H3/b18-11+. The van der Waals surface area contributed by atoms with E-state index in [0.717, 1.165) is 10.0 Å². The predicted molar refractivity (Wildman–Crippen MR) is 94.3 cm³/mol. The maximum absolute atomic E-state index is 12.1. The topological polar surface area (TPSA) is 67.8 Å². The maximum Gasteiger partial charge on any atom is 0.276 e. The minimum absolute atomic E-state index is 0.0328. The summed E-state index contributed by atoms with van der Waals surface area (Å²) < 4.78 is 30.7. The van der Waals surface area contributed by atoms with E-state index in [1.807, 2.05) is 38.1 Å². The number of ether oxygens (including phenoxy) is 1. The third kappa shape index (κ3) is 5.37. The summed E-state index contributed by atoms with van der Waals surface area (Å²) in [5.41, 5.74) is 0.780. The van der Waals surface area contributed by atoms with Crippen molar-refractivity contribution in [1.29, 1.82) is 0 Å². The van der Waals surface area contributed by atoms with Crippen LogP contribution in [0.4, 0.5) is 0 Å². The molecular formula is C16H17BrN2O3S. The van der Waals surface area contributed by atoms with Crippen LogP contribution in [0.2, 0.25) is 0 Å². The fourth-order valence-corrected chi connectivity index (χ4v) is 2.99. The fraction of sp³-hybridized carbons (Fsp3) is 0.188. The zero-order chi connectivity index (χ0) is 16.9. The second kappa shape index (κ2) is 7.61. The molecule has 1 N–H and O–H groups in total. The number of sulfonamides is 1. The van der Waals surface area contributed by atoms with Crippen LogP contribution in [0.5, 0.6) is 5.75 Å². The summed E-state index contributed by atoms with van der Waals surface area (Å²) in [6, 6.07) is 13.6. The monoisotopic (exact) mass is 396 g/mol. The molecule has 0 radical (unpaired) electrons. The number of hydrazone groups is 1. The number of hydrogen-bond acceptors (Lipinski definition) is 4. The van der Waals surface area contributed by atoms with E-state index >= 15 is 0 Å². The molecule has 0 unspecified atom stereocenters. The number of hydrogen-bond donors (Lipinski definition) is 1. The molecule has 2 aromatic rings. The van der Waals surface area contributed by atoms with Crippen LogP contribution < -0.4 is 9.57 Å². The van der Waals surface area contributed by atoms with Gasteiger partial charge in [0, 0.05) is 4.47 Å². The Morgan fingerprint density at radius 3 is 2.48 bits per heavy atom. The minimum Gasteiger partial charge on any atom is -0.491 e. The van der Waals surface area contributed by atoms with Crippen LogP contribution in [-0.2, 0) is 10.0 Å². The predicted octanol–water partition coefficient (Wildman–Crippen LogP) is 3.55. The Hall–Kier alpha value is -1.86. The SMILES string of the molecule is CC(C)Oc1ccc(S(=O)(=O)N/N=C/c2cccc(Br)c2)cc1. The highest BCUT2D eigenvalue weighted by molar-refractivity contribution is 9.10. The van der Waals surface area contributed by atoms with Gasteiger partial charge in [-0.3, -0.25) is 0 Å². The van der Waals surface area contributed by atoms with Crippen LogP contribution in [0.1, 0.15) is 19.4 Å². The van der Waals surface area contributed by atoms with Crippen LogP contribution in [0, 0.1) is 0 Å². The van der Waals surface area contributed by atoms with E-state index in [9.17, 15) is 8.42 Å². The Labute approximate surface area is 144 Å². The minimum atomic E-state index is -3.70. The Balaban J connectivity index is 2.06. The van der Waals surface area contributed by atoms with Crippen LogP contribution >= 0.6 is 15.9 Å². The van der Waals surface area contributed by atoms with Gasteiger partial charge in [-0.25, -0.2) is 4.83 Å². The maximum atomic E-state index is 12.1. The van der Waals surface area contributed by atoms with E-state index < -0.39 is 10.0 Å². The first-order valence-electron chi connectivity index (χ1n) is 6.94. The highest BCUT2D eigenvalue weighted by Gasteiger charge is 2.12. The molecule has 2 rings (SSSR count). The van der Waals surface area contributed by atoms with Crippen LogP contribution in [0.25, 0.3) is 0 Å². The van der Waals surface area contributed by atoms with E-state index in [1.54, 1.807) is 12.1 Å². The zero-order valence-electron chi connectivity index (χ0n) is 12.7. The van der Waals surface area contributed by atoms with E-state index in [4.69, 9.17) is 4.74 Å². The first kappa shape index (κ1) is 17.5. The highest BCUT2D eigenvalue weighted by Crippen LogP contribution is 2.17. The number of nitrogens with one attached hydrogen (secondary N) is 1. The van der Waals surface area contributed by atoms with Crippen molar-refractivity contribution in [3.05, 3.63) is 58.6 Å². The fourth-order valence-electron chi connectivity index (χ4n) is 1.78. The quantitative estimate of drug-likeness (QED) is 0.599. The van der Waals surface area contributed by atoms with Gasteiger partial charge in [0.1, 0.15) is 5.75 Å². The van der Waals surface area contributed by atoms with Gasteiger partial charge < -0.3 is 4.74 Å². The average molecular weight is 397 g/mol. The van der Waals surface area contributed by atoms with E-state index in [1.165, 1.54) is 18.3 Å². The second-order valence-corrected chi connectivity index (χ2v) is 7.62. The first-order chi connectivity index (χ1) is 10.9. The zero-order valence-corrected chi connectivity index (χ0v) is 15.1. The summed E-state index contributed by atoms with van der Waals surface area (Å²) in [7, 11) is -3.70. The summed E-state index contributed by atoms with van der Waals surface area (Å²) in [6.07, 6.45) is 1.48. The number of benzene rings is 2. The van der Waals surface area contributed by atoms with Gasteiger partial charge in [0.05, 0.1) is 17.2 Å². The van der Waals surface area contributed by atoms with E-state index in [-0.39, 0.29) is 11.0 Å². The molecule has 0 atom stereocenters. The third-order valence-corrected chi connectivity index (χ3v) is 4.47. The Bertz CT molecular complexity index is 787. The smallest absolute Gasteiger partial charge is 0.276 e. The van der Waals surface area contributed by atoms with Gasteiger partial charge in [-0.2, -0.15) is 13.5 Å². The van der Waals surface area contributed by atoms with Gasteiger partial charge in [0.25, 0.3) is 10.0 Å². The van der Waals surface area contributed by atoms with Gasteiger partial charge in [-0.05, 0) is 55.8 Å². The van der Waals surface area contributed by atoms with Gasteiger partial charge >= 0.3 is 0 Å². The van der Waals surface area contributed by atoms with Crippen molar-refractivity contribution >= 4 is 32.2 Å². The van der Waals surface area contributed by atoms with Crippen LogP contribution in [0.3, 0.4) is 0 Å². The molecule has 23 heavy (non-hydrogen) atoms. The molecule has 122 valence electrons. The van der Waals surface area contributed by atoms with Crippen LogP contribution in [0.15, 0.2) is 63.0 Å². The Morgan fingerprint density at radius 2 is 1.87 bits per heavy atom. The molecule has 0 saturated heterocycles. The molecule has 7 heteroatoms. The van der Waals surface area contributed by atoms with Crippen molar-refractivity contribution in [1.82, 2.24) is 4.83 Å². The molecule has 0 heterocycles. The average Bonchev–Trinajstić information content (AvgIpc) is 2.47. The molecule has 0 aliphatic rings.